The third-order valence-corrected chi connectivity index (χ3v) is 13.7. The highest BCUT2D eigenvalue weighted by Crippen LogP contribution is 2.77. The zero-order chi connectivity index (χ0) is 24.0. The van der Waals surface area contributed by atoms with Crippen LogP contribution in [0.15, 0.2) is 12.2 Å². The van der Waals surface area contributed by atoms with Crippen molar-refractivity contribution in [2.45, 2.75) is 105 Å². The molecule has 188 valence electrons. The van der Waals surface area contributed by atoms with Crippen LogP contribution in [0.5, 0.6) is 0 Å². The Morgan fingerprint density at radius 1 is 0.788 bits per heavy atom. The van der Waals surface area contributed by atoms with Crippen molar-refractivity contribution in [2.24, 2.45) is 56.7 Å². The first-order valence-electron chi connectivity index (χ1n) is 14.0. The average Bonchev–Trinajstić information content (AvgIpc) is 3.17. The maximum Gasteiger partial charge on any atom is 0.0618 e. The number of hydrogen-bond donors (Lipinski definition) is 3. The van der Waals surface area contributed by atoms with Gasteiger partial charge in [0.2, 0.25) is 0 Å². The maximum atomic E-state index is 10.9. The molecule has 3 N–H and O–H groups in total. The number of fused-ring (bicyclic) bond motifs is 7. The molecule has 5 rings (SSSR count). The normalized spacial score (nSPS) is 58.1. The molecule has 0 aliphatic heterocycles. The van der Waals surface area contributed by atoms with Crippen molar-refractivity contribution >= 4 is 0 Å². The Kier molecular flexibility index (Phi) is 5.57. The van der Waals surface area contributed by atoms with Gasteiger partial charge in [0, 0.05) is 12.0 Å². The molecule has 0 amide bonds. The van der Waals surface area contributed by atoms with Crippen molar-refractivity contribution in [1.82, 2.24) is 0 Å². The van der Waals surface area contributed by atoms with Gasteiger partial charge in [-0.2, -0.15) is 0 Å². The fourth-order valence-corrected chi connectivity index (χ4v) is 11.6. The van der Waals surface area contributed by atoms with E-state index in [1.54, 1.807) is 0 Å². The van der Waals surface area contributed by atoms with E-state index in [0.717, 1.165) is 19.3 Å². The van der Waals surface area contributed by atoms with Gasteiger partial charge in [-0.05, 0) is 122 Å². The summed E-state index contributed by atoms with van der Waals surface area (Å²) in [6.07, 6.45) is 11.2. The molecule has 0 aromatic rings. The monoisotopic (exact) mass is 458 g/mol. The smallest absolute Gasteiger partial charge is 0.0618 e. The molecule has 3 nitrogen and oxygen atoms in total. The molecule has 5 aliphatic rings. The first-order chi connectivity index (χ1) is 15.4. The molecule has 5 aliphatic carbocycles. The van der Waals surface area contributed by atoms with E-state index in [0.29, 0.717) is 36.2 Å². The molecule has 5 saturated carbocycles. The fraction of sp³-hybridized carbons (Fsp3) is 0.933. The maximum absolute atomic E-state index is 10.9. The van der Waals surface area contributed by atoms with Crippen molar-refractivity contribution in [3.63, 3.8) is 0 Å². The number of aliphatic hydroxyl groups is 3. The van der Waals surface area contributed by atoms with Crippen LogP contribution in [0, 0.1) is 56.7 Å². The van der Waals surface area contributed by atoms with Gasteiger partial charge in [-0.3, -0.25) is 0 Å². The molecule has 0 spiro atoms. The molecule has 5 fully saturated rings. The highest BCUT2D eigenvalue weighted by atomic mass is 16.3. The predicted octanol–water partition coefficient (Wildman–Crippen LogP) is 5.97. The predicted molar refractivity (Wildman–Crippen MR) is 133 cm³/mol. The van der Waals surface area contributed by atoms with Crippen LogP contribution in [0.2, 0.25) is 0 Å². The summed E-state index contributed by atoms with van der Waals surface area (Å²) in [7, 11) is 0. The van der Waals surface area contributed by atoms with Crippen molar-refractivity contribution < 1.29 is 15.3 Å². The van der Waals surface area contributed by atoms with Crippen molar-refractivity contribution in [2.75, 3.05) is 13.2 Å². The number of allylic oxidation sites excluding steroid dienone is 1. The SMILES string of the molecule is C=C(C)C1CC[C@]2(CO)CC[C@]3(C)C(CCC4[C@@]5(C)CC[C@H](O)[C@](C)(CO)C5CC[C@]43C)C12. The van der Waals surface area contributed by atoms with Gasteiger partial charge < -0.3 is 15.3 Å². The lowest BCUT2D eigenvalue weighted by Crippen LogP contribution is -2.67. The molecule has 0 aromatic heterocycles. The van der Waals surface area contributed by atoms with Crippen LogP contribution in [0.4, 0.5) is 0 Å². The molecular weight excluding hydrogens is 408 g/mol. The number of rotatable bonds is 3. The largest absolute Gasteiger partial charge is 0.396 e. The van der Waals surface area contributed by atoms with Crippen LogP contribution < -0.4 is 0 Å². The van der Waals surface area contributed by atoms with Crippen molar-refractivity contribution in [3.05, 3.63) is 12.2 Å². The number of hydrogen-bond acceptors (Lipinski definition) is 3. The molecule has 0 bridgehead atoms. The zero-order valence-corrected chi connectivity index (χ0v) is 22.0. The Hall–Kier alpha value is -0.380. The lowest BCUT2D eigenvalue weighted by molar-refractivity contribution is -0.255. The van der Waals surface area contributed by atoms with Crippen LogP contribution in [0.25, 0.3) is 0 Å². The molecule has 3 heteroatoms. The van der Waals surface area contributed by atoms with Crippen LogP contribution in [0.1, 0.15) is 98.8 Å². The summed E-state index contributed by atoms with van der Waals surface area (Å²) < 4.78 is 0. The Labute approximate surface area is 202 Å². The summed E-state index contributed by atoms with van der Waals surface area (Å²) in [5.41, 5.74) is 1.83. The van der Waals surface area contributed by atoms with Gasteiger partial charge in [-0.1, -0.05) is 39.8 Å². The molecule has 5 unspecified atom stereocenters. The topological polar surface area (TPSA) is 60.7 Å². The Balaban J connectivity index is 1.55. The molecule has 0 aromatic carbocycles. The molecule has 33 heavy (non-hydrogen) atoms. The van der Waals surface area contributed by atoms with E-state index in [1.165, 1.54) is 50.5 Å². The van der Waals surface area contributed by atoms with E-state index < -0.39 is 0 Å². The Bertz CT molecular complexity index is 808. The number of aliphatic hydroxyl groups excluding tert-OH is 3. The Morgan fingerprint density at radius 2 is 1.52 bits per heavy atom. The molecule has 11 atom stereocenters. The van der Waals surface area contributed by atoms with Gasteiger partial charge in [0.1, 0.15) is 0 Å². The standard InChI is InChI=1S/C30H50O3/c1-19(2)20-9-14-30(18-32)16-15-28(5)21(25(20)30)7-8-23-26(3)12-11-24(33)27(4,17-31)22(26)10-13-29(23,28)6/h20-25,31-33H,1,7-18H2,2-6H3/t20?,21?,22?,23?,24-,25?,26-,27+,28+,29+,30+/m0/s1. The summed E-state index contributed by atoms with van der Waals surface area (Å²) in [4.78, 5) is 0. The third kappa shape index (κ3) is 2.85. The summed E-state index contributed by atoms with van der Waals surface area (Å²) in [5, 5.41) is 32.0. The van der Waals surface area contributed by atoms with Crippen molar-refractivity contribution in [1.29, 1.82) is 0 Å². The van der Waals surface area contributed by atoms with E-state index in [-0.39, 0.29) is 39.8 Å². The summed E-state index contributed by atoms with van der Waals surface area (Å²) in [5.74, 6) is 2.86. The lowest BCUT2D eigenvalue weighted by atomic mass is 9.32. The van der Waals surface area contributed by atoms with Gasteiger partial charge in [-0.25, -0.2) is 0 Å². The van der Waals surface area contributed by atoms with Gasteiger partial charge in [0.25, 0.3) is 0 Å². The van der Waals surface area contributed by atoms with E-state index in [2.05, 4.69) is 41.2 Å². The van der Waals surface area contributed by atoms with Crippen LogP contribution in [-0.2, 0) is 0 Å². The first-order valence-corrected chi connectivity index (χ1v) is 14.0. The fourth-order valence-electron chi connectivity index (χ4n) is 11.6. The van der Waals surface area contributed by atoms with E-state index in [1.807, 2.05) is 0 Å². The van der Waals surface area contributed by atoms with Gasteiger partial charge in [0.15, 0.2) is 0 Å². The minimum absolute atomic E-state index is 0.0964. The quantitative estimate of drug-likeness (QED) is 0.457. The van der Waals surface area contributed by atoms with Crippen LogP contribution in [-0.4, -0.2) is 34.6 Å². The van der Waals surface area contributed by atoms with E-state index in [9.17, 15) is 15.3 Å². The summed E-state index contributed by atoms with van der Waals surface area (Å²) >= 11 is 0. The van der Waals surface area contributed by atoms with Gasteiger partial charge in [0.05, 0.1) is 12.7 Å². The Morgan fingerprint density at radius 3 is 2.15 bits per heavy atom. The van der Waals surface area contributed by atoms with E-state index in [4.69, 9.17) is 0 Å². The zero-order valence-electron chi connectivity index (χ0n) is 22.0. The molecule has 0 saturated heterocycles. The average molecular weight is 459 g/mol. The highest BCUT2D eigenvalue weighted by Gasteiger charge is 2.71. The lowest BCUT2D eigenvalue weighted by Gasteiger charge is -2.73. The van der Waals surface area contributed by atoms with Gasteiger partial charge >= 0.3 is 0 Å². The highest BCUT2D eigenvalue weighted by molar-refractivity contribution is 5.21. The third-order valence-electron chi connectivity index (χ3n) is 13.7. The second-order valence-electron chi connectivity index (χ2n) is 14.4. The summed E-state index contributed by atoms with van der Waals surface area (Å²) in [6, 6.07) is 0. The second-order valence-corrected chi connectivity index (χ2v) is 14.4. The van der Waals surface area contributed by atoms with Crippen LogP contribution in [0.3, 0.4) is 0 Å². The molecular formula is C30H50O3. The summed E-state index contributed by atoms with van der Waals surface area (Å²) in [6.45, 7) is 17.0. The second kappa shape index (κ2) is 7.56. The minimum Gasteiger partial charge on any atom is -0.396 e. The first kappa shape index (κ1) is 24.3. The molecule has 0 heterocycles. The molecule has 0 radical (unpaired) electrons. The minimum atomic E-state index is -0.383. The van der Waals surface area contributed by atoms with E-state index >= 15 is 0 Å². The van der Waals surface area contributed by atoms with Crippen molar-refractivity contribution in [3.8, 4) is 0 Å². The van der Waals surface area contributed by atoms with Gasteiger partial charge in [-0.15, -0.1) is 0 Å². The van der Waals surface area contributed by atoms with Crippen LogP contribution >= 0.6 is 0 Å².